The molecule has 4 heteroatoms. The topological polar surface area (TPSA) is 0 Å². The molecule has 0 aromatic carbocycles. The first kappa shape index (κ1) is 16.0. The summed E-state index contributed by atoms with van der Waals surface area (Å²) < 4.78 is 0. The summed E-state index contributed by atoms with van der Waals surface area (Å²) >= 11 is 4.50. The van der Waals surface area contributed by atoms with Crippen LogP contribution in [0.5, 0.6) is 0 Å². The summed E-state index contributed by atoms with van der Waals surface area (Å²) in [6.45, 7) is 0. The first-order valence-electron chi connectivity index (χ1n) is 0.200. The normalized spacial score (nSPS) is 1.50. The van der Waals surface area contributed by atoms with Gasteiger partial charge in [-0.2, -0.15) is 0 Å². The van der Waals surface area contributed by atoms with Crippen molar-refractivity contribution in [1.29, 1.82) is 0 Å². The van der Waals surface area contributed by atoms with Gasteiger partial charge >= 0.3 is 54.6 Å². The van der Waals surface area contributed by atoms with Crippen LogP contribution in [0.3, 0.4) is 0 Å². The Balaban J connectivity index is -0.00000000500. The number of rotatable bonds is 0. The Morgan fingerprint density at radius 1 is 1.00 bits per heavy atom. The molecular weight excluding hydrogens is 562 g/mol. The molecule has 32 valence electrons. The van der Waals surface area contributed by atoms with E-state index in [1.165, 1.54) is 0 Å². The minimum atomic E-state index is 0. The fourth-order valence-corrected chi connectivity index (χ4v) is 0. The van der Waals surface area contributed by atoms with Gasteiger partial charge in [0.15, 0.2) is 0 Å². The Bertz CT molecular complexity index is 6.00. The molecule has 0 aromatic rings. The average Bonchev–Trinajstić information content (AvgIpc) is 1.00. The molecule has 0 nitrogen and oxygen atoms in total. The van der Waals surface area contributed by atoms with Crippen LogP contribution in [-0.4, -0.2) is 54.6 Å². The van der Waals surface area contributed by atoms with E-state index in [1.807, 2.05) is 0 Å². The third kappa shape index (κ3) is 8.82. The SMILES string of the molecule is [BiH3].[Pt].[SeH][SeH]. The Hall–Kier alpha value is 2.61. The average molecular weight is 567 g/mol. The van der Waals surface area contributed by atoms with E-state index in [0.717, 1.165) is 0 Å². The molecule has 0 unspecified atom stereocenters. The Morgan fingerprint density at radius 3 is 1.00 bits per heavy atom. The van der Waals surface area contributed by atoms with Gasteiger partial charge in [-0.15, -0.1) is 0 Å². The summed E-state index contributed by atoms with van der Waals surface area (Å²) in [6.07, 6.45) is 0. The van der Waals surface area contributed by atoms with Gasteiger partial charge in [-0.3, -0.25) is 0 Å². The Kier molecular flexibility index (Phi) is 69.8. The molecule has 0 aliphatic rings. The minimum absolute atomic E-state index is 0. The predicted molar refractivity (Wildman–Crippen MR) is 24.2 cm³/mol. The van der Waals surface area contributed by atoms with Crippen LogP contribution in [0.4, 0.5) is 0 Å². The molecule has 0 atom stereocenters. The number of hydrogen-bond donors (Lipinski definition) is 0. The zero-order valence-corrected chi connectivity index (χ0v) is 13.4. The molecule has 0 amide bonds. The van der Waals surface area contributed by atoms with Crippen LogP contribution in [0.2, 0.25) is 0 Å². The van der Waals surface area contributed by atoms with Crippen molar-refractivity contribution in [2.24, 2.45) is 0 Å². The molecular formula is H5BiPtSe2. The Labute approximate surface area is 74.4 Å². The molecule has 0 aliphatic heterocycles. The molecule has 0 spiro atoms. The van der Waals surface area contributed by atoms with Crippen LogP contribution in [-0.2, 0) is 21.1 Å². The second-order valence-electron chi connectivity index (χ2n) is 0. The monoisotopic (exact) mass is 569 g/mol. The van der Waals surface area contributed by atoms with Gasteiger partial charge in [-0.1, -0.05) is 0 Å². The first-order valence-corrected chi connectivity index (χ1v) is 5.40. The van der Waals surface area contributed by atoms with Gasteiger partial charge in [0.05, 0.1) is 0 Å². The second kappa shape index (κ2) is 17.5. The summed E-state index contributed by atoms with van der Waals surface area (Å²) in [6, 6.07) is 0. The summed E-state index contributed by atoms with van der Waals surface area (Å²) in [5.74, 6) is 0. The molecule has 0 aliphatic carbocycles. The van der Waals surface area contributed by atoms with E-state index in [9.17, 15) is 0 Å². The molecule has 0 rings (SSSR count). The quantitative estimate of drug-likeness (QED) is 0.285. The summed E-state index contributed by atoms with van der Waals surface area (Å²) in [4.78, 5) is 0. The standard InChI is InChI=1S/Bi.Pt.H2Se2.3H/c;;1-2;;;/h;;1-2H;;;. The zero-order valence-electron chi connectivity index (χ0n) is 1.92. The Morgan fingerprint density at radius 2 is 1.00 bits per heavy atom. The van der Waals surface area contributed by atoms with E-state index in [-0.39, 0.29) is 47.3 Å². The van der Waals surface area contributed by atoms with E-state index in [1.54, 1.807) is 0 Å². The molecule has 0 fully saturated rings. The third-order valence-corrected chi connectivity index (χ3v) is 0. The molecule has 0 heterocycles. The maximum atomic E-state index is 2.25. The summed E-state index contributed by atoms with van der Waals surface area (Å²) in [7, 11) is 0. The van der Waals surface area contributed by atoms with E-state index < -0.39 is 0 Å². The molecule has 0 N–H and O–H groups in total. The second-order valence-corrected chi connectivity index (χ2v) is 0. The molecule has 0 saturated carbocycles. The molecule has 0 bridgehead atoms. The van der Waals surface area contributed by atoms with Crippen molar-refractivity contribution in [3.05, 3.63) is 0 Å². The van der Waals surface area contributed by atoms with Gasteiger partial charge in [0.2, 0.25) is 0 Å². The first-order chi connectivity index (χ1) is 1.00. The van der Waals surface area contributed by atoms with Crippen molar-refractivity contribution in [1.82, 2.24) is 0 Å². The predicted octanol–water partition coefficient (Wildman–Crippen LogP) is -2.48. The van der Waals surface area contributed by atoms with E-state index in [0.29, 0.717) is 0 Å². The van der Waals surface area contributed by atoms with Crippen LogP contribution in [0.25, 0.3) is 0 Å². The van der Waals surface area contributed by atoms with Gasteiger partial charge in [0, 0.05) is 21.1 Å². The van der Waals surface area contributed by atoms with Gasteiger partial charge < -0.3 is 0 Å². The molecule has 4 heavy (non-hydrogen) atoms. The van der Waals surface area contributed by atoms with Gasteiger partial charge in [-0.05, 0) is 0 Å². The molecule has 0 saturated heterocycles. The van der Waals surface area contributed by atoms with Crippen molar-refractivity contribution >= 4 is 54.6 Å². The zero-order chi connectivity index (χ0) is 2.00. The van der Waals surface area contributed by atoms with Crippen molar-refractivity contribution < 1.29 is 21.1 Å². The van der Waals surface area contributed by atoms with Crippen molar-refractivity contribution in [2.45, 2.75) is 0 Å². The number of hydrogen-bond acceptors (Lipinski definition) is 0. The molecule has 0 radical (unpaired) electrons. The van der Waals surface area contributed by atoms with Crippen LogP contribution >= 0.6 is 0 Å². The summed E-state index contributed by atoms with van der Waals surface area (Å²) in [5.41, 5.74) is 0. The van der Waals surface area contributed by atoms with Gasteiger partial charge in [0.1, 0.15) is 0 Å². The molecule has 0 aromatic heterocycles. The fourth-order valence-electron chi connectivity index (χ4n) is 0. The fraction of sp³-hybridized carbons (Fsp3) is 0. The van der Waals surface area contributed by atoms with Crippen LogP contribution in [0.15, 0.2) is 0 Å². The van der Waals surface area contributed by atoms with E-state index in [4.69, 9.17) is 0 Å². The van der Waals surface area contributed by atoms with Gasteiger partial charge in [-0.25, -0.2) is 0 Å². The maximum absolute atomic E-state index is 2.25. The van der Waals surface area contributed by atoms with Crippen molar-refractivity contribution in [3.8, 4) is 0 Å². The van der Waals surface area contributed by atoms with Crippen LogP contribution in [0.1, 0.15) is 0 Å². The van der Waals surface area contributed by atoms with Crippen molar-refractivity contribution in [2.75, 3.05) is 0 Å². The van der Waals surface area contributed by atoms with E-state index >= 15 is 0 Å². The van der Waals surface area contributed by atoms with Crippen LogP contribution in [0, 0.1) is 0 Å². The summed E-state index contributed by atoms with van der Waals surface area (Å²) in [5, 5.41) is 0. The van der Waals surface area contributed by atoms with Crippen LogP contribution < -0.4 is 0 Å². The third-order valence-electron chi connectivity index (χ3n) is 0. The van der Waals surface area contributed by atoms with Gasteiger partial charge in [0.25, 0.3) is 0 Å². The van der Waals surface area contributed by atoms with E-state index in [2.05, 4.69) is 28.4 Å². The van der Waals surface area contributed by atoms with Crippen molar-refractivity contribution in [3.63, 3.8) is 0 Å².